The number of hydrogen-bond donors (Lipinski definition) is 5. The lowest BCUT2D eigenvalue weighted by atomic mass is 9.85. The molecule has 0 aliphatic heterocycles. The van der Waals surface area contributed by atoms with E-state index in [0.29, 0.717) is 22.3 Å². The number of carbonyl (C=O) groups is 3. The fourth-order valence-electron chi connectivity index (χ4n) is 3.97. The molecule has 1 aliphatic rings. The summed E-state index contributed by atoms with van der Waals surface area (Å²) in [6.07, 6.45) is 3.56. The summed E-state index contributed by atoms with van der Waals surface area (Å²) in [7, 11) is 0. The molecule has 1 aliphatic carbocycles. The molecule has 0 radical (unpaired) electrons. The van der Waals surface area contributed by atoms with Crippen LogP contribution in [0.25, 0.3) is 5.57 Å². The maximum absolute atomic E-state index is 12.7. The molecule has 8 heteroatoms. The van der Waals surface area contributed by atoms with Crippen LogP contribution in [0.2, 0.25) is 0 Å². The summed E-state index contributed by atoms with van der Waals surface area (Å²) in [6.45, 7) is 3.27. The van der Waals surface area contributed by atoms with Crippen LogP contribution < -0.4 is 10.6 Å². The van der Waals surface area contributed by atoms with E-state index >= 15 is 0 Å². The lowest BCUT2D eigenvalue weighted by Gasteiger charge is -2.20. The third-order valence-electron chi connectivity index (χ3n) is 5.55. The molecule has 2 aromatic rings. The van der Waals surface area contributed by atoms with Crippen LogP contribution in [0.5, 0.6) is 5.75 Å². The fraction of sp³-hybridized carbons (Fsp3) is 0.222. The Kier molecular flexibility index (Phi) is 8.35. The zero-order valence-corrected chi connectivity index (χ0v) is 19.6. The molecule has 0 spiro atoms. The van der Waals surface area contributed by atoms with Gasteiger partial charge in [-0.15, -0.1) is 0 Å². The van der Waals surface area contributed by atoms with Crippen molar-refractivity contribution in [3.63, 3.8) is 0 Å². The van der Waals surface area contributed by atoms with Gasteiger partial charge in [0.1, 0.15) is 5.75 Å². The van der Waals surface area contributed by atoms with Crippen LogP contribution in [-0.2, 0) is 20.9 Å². The molecule has 0 heterocycles. The normalized spacial score (nSPS) is 14.9. The van der Waals surface area contributed by atoms with Crippen molar-refractivity contribution >= 4 is 23.3 Å². The lowest BCUT2D eigenvalue weighted by Crippen LogP contribution is -2.28. The third-order valence-corrected chi connectivity index (χ3v) is 5.55. The first kappa shape index (κ1) is 25.6. The molecule has 5 N–H and O–H groups in total. The van der Waals surface area contributed by atoms with Gasteiger partial charge in [0.15, 0.2) is 5.78 Å². The standard InChI is InChI=1S/C27H28N2O6/c1-16-8-19(10-21(26(16)34)12-28-14-23(30)31)25(18-6-4-3-5-7-18)20-9-17(2)27(35)22(11-20)13-29-15-24(32)33/h3-11,28-29,34H,12-15H2,1-2H3,(H,30,31)(H,32,33)/b25-20-. The Hall–Kier alpha value is -4.01. The number of carboxylic acid groups (broad SMARTS) is 2. The molecule has 0 fully saturated rings. The van der Waals surface area contributed by atoms with Crippen LogP contribution in [0.4, 0.5) is 0 Å². The molecule has 0 saturated carbocycles. The van der Waals surface area contributed by atoms with Crippen LogP contribution in [0, 0.1) is 6.92 Å². The van der Waals surface area contributed by atoms with Crippen LogP contribution in [-0.4, -0.2) is 52.7 Å². The Morgan fingerprint density at radius 1 is 0.857 bits per heavy atom. The maximum atomic E-state index is 12.7. The second kappa shape index (κ2) is 11.4. The summed E-state index contributed by atoms with van der Waals surface area (Å²) in [4.78, 5) is 34.5. The first-order chi connectivity index (χ1) is 16.7. The monoisotopic (exact) mass is 476 g/mol. The topological polar surface area (TPSA) is 136 Å². The molecule has 0 amide bonds. The zero-order chi connectivity index (χ0) is 25.5. The molecule has 35 heavy (non-hydrogen) atoms. The summed E-state index contributed by atoms with van der Waals surface area (Å²) in [6, 6.07) is 13.3. The van der Waals surface area contributed by atoms with Crippen molar-refractivity contribution in [3.8, 4) is 5.75 Å². The fourth-order valence-corrected chi connectivity index (χ4v) is 3.97. The Balaban J connectivity index is 2.15. The molecule has 3 rings (SSSR count). The minimum absolute atomic E-state index is 0.0868. The number of nitrogens with one attached hydrogen (secondary N) is 2. The summed E-state index contributed by atoms with van der Waals surface area (Å²) >= 11 is 0. The minimum Gasteiger partial charge on any atom is -0.507 e. The zero-order valence-electron chi connectivity index (χ0n) is 19.6. The number of aryl methyl sites for hydroxylation is 1. The highest BCUT2D eigenvalue weighted by Gasteiger charge is 2.21. The van der Waals surface area contributed by atoms with Crippen LogP contribution in [0.1, 0.15) is 29.2 Å². The Morgan fingerprint density at radius 3 is 2.11 bits per heavy atom. The number of Topliss-reactive ketones (excluding diaryl/α,β-unsaturated/α-hetero) is 1. The number of benzene rings is 2. The van der Waals surface area contributed by atoms with E-state index in [0.717, 1.165) is 22.3 Å². The average molecular weight is 477 g/mol. The molecule has 0 aromatic heterocycles. The van der Waals surface area contributed by atoms with Crippen molar-refractivity contribution in [1.29, 1.82) is 0 Å². The second-order valence-electron chi connectivity index (χ2n) is 8.32. The van der Waals surface area contributed by atoms with Gasteiger partial charge in [-0.25, -0.2) is 0 Å². The van der Waals surface area contributed by atoms with Crippen molar-refractivity contribution in [2.75, 3.05) is 19.6 Å². The second-order valence-corrected chi connectivity index (χ2v) is 8.32. The number of phenolic OH excluding ortho intramolecular Hbond substituents is 1. The number of carbonyl (C=O) groups excluding carboxylic acids is 1. The Morgan fingerprint density at radius 2 is 1.49 bits per heavy atom. The van der Waals surface area contributed by atoms with Gasteiger partial charge in [0.25, 0.3) is 0 Å². The lowest BCUT2D eigenvalue weighted by molar-refractivity contribution is -0.137. The first-order valence-corrected chi connectivity index (χ1v) is 11.1. The first-order valence-electron chi connectivity index (χ1n) is 11.1. The van der Waals surface area contributed by atoms with E-state index in [2.05, 4.69) is 10.6 Å². The van der Waals surface area contributed by atoms with Gasteiger partial charge < -0.3 is 26.0 Å². The molecule has 0 unspecified atom stereocenters. The van der Waals surface area contributed by atoms with Gasteiger partial charge >= 0.3 is 11.9 Å². The van der Waals surface area contributed by atoms with Crippen LogP contribution >= 0.6 is 0 Å². The molecule has 0 atom stereocenters. The molecular formula is C27H28N2O6. The number of phenols is 1. The van der Waals surface area contributed by atoms with E-state index in [1.807, 2.05) is 42.5 Å². The summed E-state index contributed by atoms with van der Waals surface area (Å²) < 4.78 is 0. The number of rotatable bonds is 10. The Labute approximate surface area is 203 Å². The Bertz CT molecular complexity index is 1240. The van der Waals surface area contributed by atoms with Gasteiger partial charge in [0.05, 0.1) is 13.1 Å². The van der Waals surface area contributed by atoms with E-state index in [4.69, 9.17) is 10.2 Å². The minimum atomic E-state index is -1.01. The number of allylic oxidation sites excluding steroid dienone is 4. The van der Waals surface area contributed by atoms with Crippen molar-refractivity contribution in [3.05, 3.63) is 93.6 Å². The van der Waals surface area contributed by atoms with Gasteiger partial charge in [-0.2, -0.15) is 0 Å². The number of hydrogen-bond acceptors (Lipinski definition) is 6. The van der Waals surface area contributed by atoms with Crippen molar-refractivity contribution in [1.82, 2.24) is 10.6 Å². The molecule has 2 aromatic carbocycles. The van der Waals surface area contributed by atoms with Crippen molar-refractivity contribution < 1.29 is 29.7 Å². The molecule has 0 saturated heterocycles. The van der Waals surface area contributed by atoms with E-state index in [9.17, 15) is 19.5 Å². The largest absolute Gasteiger partial charge is 0.507 e. The predicted octanol–water partition coefficient (Wildman–Crippen LogP) is 2.81. The van der Waals surface area contributed by atoms with Gasteiger partial charge in [-0.3, -0.25) is 14.4 Å². The van der Waals surface area contributed by atoms with E-state index in [1.165, 1.54) is 0 Å². The number of carboxylic acids is 2. The van der Waals surface area contributed by atoms with Gasteiger partial charge in [-0.05, 0) is 71.5 Å². The highest BCUT2D eigenvalue weighted by atomic mass is 16.4. The van der Waals surface area contributed by atoms with E-state index in [1.54, 1.807) is 26.0 Å². The summed E-state index contributed by atoms with van der Waals surface area (Å²) in [5.74, 6) is -2.07. The molecule has 8 nitrogen and oxygen atoms in total. The van der Waals surface area contributed by atoms with E-state index < -0.39 is 11.9 Å². The molecule has 0 bridgehead atoms. The highest BCUT2D eigenvalue weighted by Crippen LogP contribution is 2.35. The molecular weight excluding hydrogens is 448 g/mol. The van der Waals surface area contributed by atoms with Gasteiger partial charge in [0, 0.05) is 24.2 Å². The van der Waals surface area contributed by atoms with Crippen LogP contribution in [0.15, 0.2) is 71.3 Å². The highest BCUT2D eigenvalue weighted by molar-refractivity contribution is 6.11. The summed E-state index contributed by atoms with van der Waals surface area (Å²) in [5.41, 5.74) is 5.45. The predicted molar refractivity (Wildman–Crippen MR) is 132 cm³/mol. The van der Waals surface area contributed by atoms with Gasteiger partial charge in [0.2, 0.25) is 0 Å². The van der Waals surface area contributed by atoms with Crippen molar-refractivity contribution in [2.24, 2.45) is 0 Å². The maximum Gasteiger partial charge on any atom is 0.317 e. The van der Waals surface area contributed by atoms with Gasteiger partial charge in [-0.1, -0.05) is 30.3 Å². The molecule has 182 valence electrons. The number of ketones is 1. The number of aliphatic carboxylic acids is 2. The van der Waals surface area contributed by atoms with Crippen LogP contribution in [0.3, 0.4) is 0 Å². The average Bonchev–Trinajstić information content (AvgIpc) is 2.80. The van der Waals surface area contributed by atoms with E-state index in [-0.39, 0.29) is 37.7 Å². The summed E-state index contributed by atoms with van der Waals surface area (Å²) in [5, 5.41) is 34.0. The number of aromatic hydroxyl groups is 1. The quantitative estimate of drug-likeness (QED) is 0.353. The van der Waals surface area contributed by atoms with Crippen molar-refractivity contribution in [2.45, 2.75) is 20.4 Å². The smallest absolute Gasteiger partial charge is 0.317 e. The SMILES string of the molecule is CC1=C/C(=C(\c2ccccc2)c2cc(C)c(O)c(CNCC(=O)O)c2)C=C(CNCC(=O)O)C1=O. The third kappa shape index (κ3) is 6.53.